The lowest BCUT2D eigenvalue weighted by Crippen LogP contribution is -2.52. The smallest absolute Gasteiger partial charge is 0.368 e. The van der Waals surface area contributed by atoms with Crippen molar-refractivity contribution >= 4 is 35.6 Å². The molecule has 6 nitrogen and oxygen atoms in total. The van der Waals surface area contributed by atoms with Crippen LogP contribution in [0.3, 0.4) is 0 Å². The van der Waals surface area contributed by atoms with Gasteiger partial charge in [0.05, 0.1) is 11.8 Å². The molecule has 29 heavy (non-hydrogen) atoms. The van der Waals surface area contributed by atoms with Gasteiger partial charge in [-0.15, -0.1) is 24.0 Å². The zero-order valence-corrected chi connectivity index (χ0v) is 18.8. The number of halogens is 4. The average Bonchev–Trinajstić information content (AvgIpc) is 3.10. The van der Waals surface area contributed by atoms with E-state index in [0.717, 1.165) is 30.6 Å². The van der Waals surface area contributed by atoms with E-state index in [1.165, 1.54) is 12.1 Å². The van der Waals surface area contributed by atoms with E-state index in [1.807, 2.05) is 24.3 Å². The lowest BCUT2D eigenvalue weighted by Gasteiger charge is -2.37. The number of hydrogen-bond acceptors (Lipinski definition) is 3. The molecular weight excluding hydrogens is 496 g/mol. The second kappa shape index (κ2) is 10.2. The van der Waals surface area contributed by atoms with Crippen molar-refractivity contribution in [1.29, 1.82) is 0 Å². The Hall–Kier alpha value is -1.98. The van der Waals surface area contributed by atoms with Gasteiger partial charge in [0, 0.05) is 58.7 Å². The van der Waals surface area contributed by atoms with Crippen molar-refractivity contribution in [2.75, 3.05) is 44.7 Å². The highest BCUT2D eigenvalue weighted by Crippen LogP contribution is 2.31. The molecule has 0 bridgehead atoms. The van der Waals surface area contributed by atoms with E-state index < -0.39 is 11.7 Å². The Bertz CT molecular complexity index is 812. The van der Waals surface area contributed by atoms with E-state index in [1.54, 1.807) is 17.8 Å². The molecule has 1 saturated heterocycles. The number of rotatable bonds is 4. The number of piperazine rings is 1. The molecule has 1 aromatic carbocycles. The van der Waals surface area contributed by atoms with Crippen molar-refractivity contribution in [2.24, 2.45) is 12.0 Å². The molecule has 0 unspecified atom stereocenters. The zero-order chi connectivity index (χ0) is 20.1. The molecule has 1 N–H and O–H groups in total. The van der Waals surface area contributed by atoms with Crippen LogP contribution in [0.1, 0.15) is 11.1 Å². The van der Waals surface area contributed by atoms with E-state index in [-0.39, 0.29) is 24.0 Å². The Morgan fingerprint density at radius 1 is 1.21 bits per heavy atom. The van der Waals surface area contributed by atoms with Gasteiger partial charge in [-0.1, -0.05) is 6.07 Å². The second-order valence-electron chi connectivity index (χ2n) is 6.77. The number of aliphatic imine (C=N–C) groups is 1. The van der Waals surface area contributed by atoms with Gasteiger partial charge in [0.15, 0.2) is 5.96 Å². The first-order valence-corrected chi connectivity index (χ1v) is 9.22. The largest absolute Gasteiger partial charge is 0.416 e. The minimum Gasteiger partial charge on any atom is -0.368 e. The molecule has 0 amide bonds. The van der Waals surface area contributed by atoms with E-state index in [9.17, 15) is 13.2 Å². The van der Waals surface area contributed by atoms with E-state index in [4.69, 9.17) is 0 Å². The van der Waals surface area contributed by atoms with Gasteiger partial charge in [-0.3, -0.25) is 9.67 Å². The fourth-order valence-corrected chi connectivity index (χ4v) is 3.31. The van der Waals surface area contributed by atoms with Gasteiger partial charge in [0.25, 0.3) is 0 Å². The molecule has 1 aliphatic rings. The zero-order valence-electron chi connectivity index (χ0n) is 16.5. The average molecular weight is 522 g/mol. The number of guanidine groups is 1. The van der Waals surface area contributed by atoms with Crippen LogP contribution in [0.25, 0.3) is 0 Å². The number of nitrogens with one attached hydrogen (secondary N) is 1. The number of alkyl halides is 3. The Kier molecular flexibility index (Phi) is 8.17. The van der Waals surface area contributed by atoms with Crippen LogP contribution in [0.15, 0.2) is 41.7 Å². The van der Waals surface area contributed by atoms with Crippen molar-refractivity contribution < 1.29 is 13.2 Å². The minimum absolute atomic E-state index is 0. The third kappa shape index (κ3) is 6.25. The quantitative estimate of drug-likeness (QED) is 0.381. The number of aromatic nitrogens is 2. The maximum Gasteiger partial charge on any atom is 0.416 e. The fourth-order valence-electron chi connectivity index (χ4n) is 3.31. The van der Waals surface area contributed by atoms with Gasteiger partial charge in [-0.2, -0.15) is 18.3 Å². The molecule has 0 radical (unpaired) electrons. The molecule has 0 saturated carbocycles. The predicted molar refractivity (Wildman–Crippen MR) is 119 cm³/mol. The summed E-state index contributed by atoms with van der Waals surface area (Å²) in [6.07, 6.45) is 0.353. The molecule has 3 rings (SSSR count). The highest BCUT2D eigenvalue weighted by molar-refractivity contribution is 14.0. The molecular formula is C19H26F3IN6. The molecule has 0 atom stereocenters. The molecule has 1 fully saturated rings. The summed E-state index contributed by atoms with van der Waals surface area (Å²) in [7, 11) is 3.63. The molecule has 0 spiro atoms. The van der Waals surface area contributed by atoms with Crippen LogP contribution in [-0.4, -0.2) is 60.4 Å². The number of anilines is 1. The van der Waals surface area contributed by atoms with Gasteiger partial charge in [0.2, 0.25) is 0 Å². The van der Waals surface area contributed by atoms with Crippen molar-refractivity contribution in [3.8, 4) is 0 Å². The van der Waals surface area contributed by atoms with Crippen molar-refractivity contribution in [1.82, 2.24) is 20.0 Å². The standard InChI is InChI=1S/C19H25F3N6.HI/c1-23-18(24-7-6-15-13-25-26(2)14-15)28-10-8-27(9-11-28)17-5-3-4-16(12-17)19(20,21)22;/h3-5,12-14H,6-11H2,1-2H3,(H,23,24);1H. The van der Waals surface area contributed by atoms with Crippen molar-refractivity contribution in [3.05, 3.63) is 47.8 Å². The van der Waals surface area contributed by atoms with E-state index >= 15 is 0 Å². The molecule has 1 aliphatic heterocycles. The van der Waals surface area contributed by atoms with Crippen LogP contribution >= 0.6 is 24.0 Å². The van der Waals surface area contributed by atoms with Crippen LogP contribution < -0.4 is 10.2 Å². The molecule has 0 aliphatic carbocycles. The minimum atomic E-state index is -4.32. The topological polar surface area (TPSA) is 48.7 Å². The summed E-state index contributed by atoms with van der Waals surface area (Å²) >= 11 is 0. The van der Waals surface area contributed by atoms with Crippen LogP contribution in [0.4, 0.5) is 18.9 Å². The van der Waals surface area contributed by atoms with Crippen molar-refractivity contribution in [3.63, 3.8) is 0 Å². The molecule has 10 heteroatoms. The summed E-state index contributed by atoms with van der Waals surface area (Å²) in [6, 6.07) is 5.51. The maximum atomic E-state index is 12.9. The molecule has 2 heterocycles. The van der Waals surface area contributed by atoms with Gasteiger partial charge in [-0.25, -0.2) is 0 Å². The Balaban J connectivity index is 0.00000300. The van der Waals surface area contributed by atoms with E-state index in [0.29, 0.717) is 31.9 Å². The first-order valence-electron chi connectivity index (χ1n) is 9.22. The second-order valence-corrected chi connectivity index (χ2v) is 6.77. The molecule has 2 aromatic rings. The normalized spacial score (nSPS) is 15.3. The Labute approximate surface area is 185 Å². The lowest BCUT2D eigenvalue weighted by atomic mass is 10.1. The summed E-state index contributed by atoms with van der Waals surface area (Å²) < 4.78 is 40.6. The number of hydrogen-bond donors (Lipinski definition) is 1. The summed E-state index contributed by atoms with van der Waals surface area (Å²) in [5.41, 5.74) is 1.15. The summed E-state index contributed by atoms with van der Waals surface area (Å²) in [5, 5.41) is 7.51. The first-order chi connectivity index (χ1) is 13.4. The summed E-state index contributed by atoms with van der Waals surface area (Å²) in [4.78, 5) is 8.45. The van der Waals surface area contributed by atoms with E-state index in [2.05, 4.69) is 20.3 Å². The van der Waals surface area contributed by atoms with Gasteiger partial charge in [-0.05, 0) is 30.2 Å². The van der Waals surface area contributed by atoms with Crippen LogP contribution in [0.2, 0.25) is 0 Å². The predicted octanol–water partition coefficient (Wildman–Crippen LogP) is 3.00. The Morgan fingerprint density at radius 3 is 2.52 bits per heavy atom. The fraction of sp³-hybridized carbons (Fsp3) is 0.474. The Morgan fingerprint density at radius 2 is 1.93 bits per heavy atom. The molecule has 1 aromatic heterocycles. The van der Waals surface area contributed by atoms with Gasteiger partial charge < -0.3 is 15.1 Å². The summed E-state index contributed by atoms with van der Waals surface area (Å²) in [5.74, 6) is 0.813. The van der Waals surface area contributed by atoms with Gasteiger partial charge >= 0.3 is 6.18 Å². The maximum absolute atomic E-state index is 12.9. The third-order valence-electron chi connectivity index (χ3n) is 4.78. The van der Waals surface area contributed by atoms with Crippen LogP contribution in [0.5, 0.6) is 0 Å². The van der Waals surface area contributed by atoms with Crippen LogP contribution in [-0.2, 0) is 19.6 Å². The number of benzene rings is 1. The monoisotopic (exact) mass is 522 g/mol. The number of nitrogens with zero attached hydrogens (tertiary/aromatic N) is 5. The SMILES string of the molecule is CN=C(NCCc1cnn(C)c1)N1CCN(c2cccc(C(F)(F)F)c2)CC1.I. The van der Waals surface area contributed by atoms with Gasteiger partial charge in [0.1, 0.15) is 0 Å². The lowest BCUT2D eigenvalue weighted by molar-refractivity contribution is -0.137. The number of aryl methyl sites for hydroxylation is 1. The van der Waals surface area contributed by atoms with Crippen LogP contribution in [0, 0.1) is 0 Å². The first kappa shape index (κ1) is 23.3. The van der Waals surface area contributed by atoms with Crippen molar-refractivity contribution in [2.45, 2.75) is 12.6 Å². The highest BCUT2D eigenvalue weighted by atomic mass is 127. The summed E-state index contributed by atoms with van der Waals surface area (Å²) in [6.45, 7) is 3.42. The highest BCUT2D eigenvalue weighted by Gasteiger charge is 2.31. The third-order valence-corrected chi connectivity index (χ3v) is 4.78. The molecule has 160 valence electrons.